The Morgan fingerprint density at radius 3 is 2.90 bits per heavy atom. The van der Waals surface area contributed by atoms with E-state index in [1.54, 1.807) is 10.9 Å². The Kier molecular flexibility index (Phi) is 3.74. The molecule has 0 aliphatic heterocycles. The van der Waals surface area contributed by atoms with Crippen molar-refractivity contribution < 1.29 is 4.79 Å². The maximum atomic E-state index is 12.8. The number of carbonyl (C=O) groups is 1. The van der Waals surface area contributed by atoms with Crippen LogP contribution in [0.25, 0.3) is 0 Å². The zero-order chi connectivity index (χ0) is 14.1. The van der Waals surface area contributed by atoms with Gasteiger partial charge in [0.05, 0.1) is 10.7 Å². The number of aromatic nitrogens is 2. The van der Waals surface area contributed by atoms with Crippen molar-refractivity contribution >= 4 is 21.7 Å². The molecule has 1 heterocycles. The maximum absolute atomic E-state index is 12.8. The molecule has 3 nitrogen and oxygen atoms in total. The number of fused-ring (bicyclic) bond motifs is 1. The topological polar surface area (TPSA) is 34.9 Å². The quantitative estimate of drug-likeness (QED) is 0.804. The molecule has 1 unspecified atom stereocenters. The molecule has 3 rings (SSSR count). The summed E-state index contributed by atoms with van der Waals surface area (Å²) in [4.78, 5) is 12.8. The Bertz CT molecular complexity index is 648. The van der Waals surface area contributed by atoms with Gasteiger partial charge in [-0.25, -0.2) is 0 Å². The van der Waals surface area contributed by atoms with Gasteiger partial charge in [0.1, 0.15) is 5.69 Å². The molecule has 104 valence electrons. The number of ketones is 1. The molecule has 2 aromatic rings. The molecule has 1 aliphatic rings. The maximum Gasteiger partial charge on any atom is 0.185 e. The molecule has 20 heavy (non-hydrogen) atoms. The van der Waals surface area contributed by atoms with Crippen molar-refractivity contribution in [3.8, 4) is 0 Å². The summed E-state index contributed by atoms with van der Waals surface area (Å²) in [7, 11) is 0. The van der Waals surface area contributed by atoms with Crippen LogP contribution in [0.5, 0.6) is 0 Å². The van der Waals surface area contributed by atoms with Crippen LogP contribution in [0.2, 0.25) is 0 Å². The first-order valence-electron chi connectivity index (χ1n) is 7.03. The monoisotopic (exact) mass is 332 g/mol. The summed E-state index contributed by atoms with van der Waals surface area (Å²) in [6.45, 7) is 2.72. The van der Waals surface area contributed by atoms with Crippen molar-refractivity contribution in [1.82, 2.24) is 9.78 Å². The van der Waals surface area contributed by atoms with E-state index in [-0.39, 0.29) is 11.7 Å². The molecule has 1 aromatic carbocycles. The van der Waals surface area contributed by atoms with Crippen LogP contribution in [0.1, 0.15) is 35.0 Å². The number of benzene rings is 1. The summed E-state index contributed by atoms with van der Waals surface area (Å²) >= 11 is 3.45. The van der Waals surface area contributed by atoms with E-state index in [1.807, 2.05) is 6.92 Å². The highest BCUT2D eigenvalue weighted by Gasteiger charge is 2.28. The number of nitrogens with zero attached hydrogens (tertiary/aromatic N) is 2. The number of rotatable bonds is 3. The SMILES string of the molecule is CCn1ncc(Br)c1C(=O)C1CCc2ccccc2C1. The Hall–Kier alpha value is -1.42. The third kappa shape index (κ3) is 2.33. The summed E-state index contributed by atoms with van der Waals surface area (Å²) < 4.78 is 2.59. The first-order chi connectivity index (χ1) is 9.70. The summed E-state index contributed by atoms with van der Waals surface area (Å²) in [5.74, 6) is 0.286. The molecule has 0 N–H and O–H groups in total. The van der Waals surface area contributed by atoms with E-state index in [9.17, 15) is 4.79 Å². The van der Waals surface area contributed by atoms with E-state index in [2.05, 4.69) is 45.3 Å². The molecule has 1 atom stereocenters. The van der Waals surface area contributed by atoms with Crippen molar-refractivity contribution in [2.45, 2.75) is 32.7 Å². The normalized spacial score (nSPS) is 17.8. The Morgan fingerprint density at radius 2 is 2.15 bits per heavy atom. The van der Waals surface area contributed by atoms with Crippen LogP contribution in [-0.2, 0) is 19.4 Å². The van der Waals surface area contributed by atoms with E-state index >= 15 is 0 Å². The van der Waals surface area contributed by atoms with Crippen molar-refractivity contribution in [3.63, 3.8) is 0 Å². The molecule has 1 aliphatic carbocycles. The molecule has 0 radical (unpaired) electrons. The summed E-state index contributed by atoms with van der Waals surface area (Å²) in [5, 5.41) is 4.24. The highest BCUT2D eigenvalue weighted by atomic mass is 79.9. The Balaban J connectivity index is 1.88. The van der Waals surface area contributed by atoms with E-state index in [0.29, 0.717) is 0 Å². The van der Waals surface area contributed by atoms with Crippen LogP contribution in [0.4, 0.5) is 0 Å². The minimum absolute atomic E-state index is 0.0724. The van der Waals surface area contributed by atoms with Gasteiger partial charge in [-0.1, -0.05) is 24.3 Å². The lowest BCUT2D eigenvalue weighted by molar-refractivity contribution is 0.0897. The molecule has 0 saturated carbocycles. The van der Waals surface area contributed by atoms with Crippen LogP contribution in [0.3, 0.4) is 0 Å². The third-order valence-corrected chi connectivity index (χ3v) is 4.63. The minimum Gasteiger partial charge on any atom is -0.292 e. The largest absolute Gasteiger partial charge is 0.292 e. The molecule has 0 spiro atoms. The predicted molar refractivity (Wildman–Crippen MR) is 81.9 cm³/mol. The van der Waals surface area contributed by atoms with Gasteiger partial charge in [0.2, 0.25) is 0 Å². The predicted octanol–water partition coefficient (Wildman–Crippen LogP) is 3.65. The van der Waals surface area contributed by atoms with Crippen molar-refractivity contribution in [2.24, 2.45) is 5.92 Å². The zero-order valence-corrected chi connectivity index (χ0v) is 13.1. The van der Waals surface area contributed by atoms with Gasteiger partial charge in [0, 0.05) is 12.5 Å². The van der Waals surface area contributed by atoms with Crippen molar-refractivity contribution in [3.05, 3.63) is 51.8 Å². The summed E-state index contributed by atoms with van der Waals surface area (Å²) in [6.07, 6.45) is 4.48. The van der Waals surface area contributed by atoms with Gasteiger partial charge in [0.25, 0.3) is 0 Å². The average Bonchev–Trinajstić information content (AvgIpc) is 2.87. The van der Waals surface area contributed by atoms with Gasteiger partial charge < -0.3 is 0 Å². The smallest absolute Gasteiger partial charge is 0.185 e. The standard InChI is InChI=1S/C16H17BrN2O/c1-2-19-15(14(17)10-18-19)16(20)13-8-7-11-5-3-4-6-12(11)9-13/h3-6,10,13H,2,7-9H2,1H3. The van der Waals surface area contributed by atoms with E-state index in [0.717, 1.165) is 36.0 Å². The number of aryl methyl sites for hydroxylation is 2. The second-order valence-corrected chi connectivity index (χ2v) is 6.08. The van der Waals surface area contributed by atoms with E-state index in [4.69, 9.17) is 0 Å². The van der Waals surface area contributed by atoms with Crippen LogP contribution in [0.15, 0.2) is 34.9 Å². The average molecular weight is 333 g/mol. The van der Waals surface area contributed by atoms with Gasteiger partial charge in [-0.05, 0) is 53.2 Å². The highest BCUT2D eigenvalue weighted by Crippen LogP contribution is 2.29. The second kappa shape index (κ2) is 5.52. The Labute approximate surface area is 127 Å². The molecule has 0 amide bonds. The van der Waals surface area contributed by atoms with E-state index < -0.39 is 0 Å². The van der Waals surface area contributed by atoms with Crippen molar-refractivity contribution in [1.29, 1.82) is 0 Å². The van der Waals surface area contributed by atoms with Gasteiger partial charge in [0.15, 0.2) is 5.78 Å². The highest BCUT2D eigenvalue weighted by molar-refractivity contribution is 9.10. The van der Waals surface area contributed by atoms with Crippen molar-refractivity contribution in [2.75, 3.05) is 0 Å². The molecular weight excluding hydrogens is 316 g/mol. The molecule has 1 aromatic heterocycles. The fourth-order valence-electron chi connectivity index (χ4n) is 2.96. The van der Waals surface area contributed by atoms with Crippen LogP contribution >= 0.6 is 15.9 Å². The number of hydrogen-bond donors (Lipinski definition) is 0. The second-order valence-electron chi connectivity index (χ2n) is 5.23. The molecule has 0 saturated heterocycles. The molecular formula is C16H17BrN2O. The number of carbonyl (C=O) groups excluding carboxylic acids is 1. The number of hydrogen-bond acceptors (Lipinski definition) is 2. The fraction of sp³-hybridized carbons (Fsp3) is 0.375. The number of Topliss-reactive ketones (excluding diaryl/α,β-unsaturated/α-hetero) is 1. The van der Waals surface area contributed by atoms with Crippen LogP contribution in [0, 0.1) is 5.92 Å². The fourth-order valence-corrected chi connectivity index (χ4v) is 3.45. The molecule has 0 bridgehead atoms. The molecule has 4 heteroatoms. The van der Waals surface area contributed by atoms with Gasteiger partial charge >= 0.3 is 0 Å². The van der Waals surface area contributed by atoms with Gasteiger partial charge in [-0.2, -0.15) is 5.10 Å². The molecule has 0 fully saturated rings. The van der Waals surface area contributed by atoms with Crippen LogP contribution < -0.4 is 0 Å². The van der Waals surface area contributed by atoms with Gasteiger partial charge in [-0.3, -0.25) is 9.48 Å². The number of halogens is 1. The summed E-state index contributed by atoms with van der Waals surface area (Å²) in [5.41, 5.74) is 3.42. The Morgan fingerprint density at radius 1 is 1.40 bits per heavy atom. The lowest BCUT2D eigenvalue weighted by Crippen LogP contribution is -2.25. The summed E-state index contributed by atoms with van der Waals surface area (Å²) in [6, 6.07) is 8.44. The minimum atomic E-state index is 0.0724. The first kappa shape index (κ1) is 13.6. The first-order valence-corrected chi connectivity index (χ1v) is 7.82. The third-order valence-electron chi connectivity index (χ3n) is 4.05. The lowest BCUT2D eigenvalue weighted by Gasteiger charge is -2.23. The zero-order valence-electron chi connectivity index (χ0n) is 11.5. The van der Waals surface area contributed by atoms with Gasteiger partial charge in [-0.15, -0.1) is 0 Å². The van der Waals surface area contributed by atoms with Crippen LogP contribution in [-0.4, -0.2) is 15.6 Å². The lowest BCUT2D eigenvalue weighted by atomic mass is 9.81. The van der Waals surface area contributed by atoms with E-state index in [1.165, 1.54) is 11.1 Å².